The molecule has 1 fully saturated rings. The first-order chi connectivity index (χ1) is 10.3. The van der Waals surface area contributed by atoms with Crippen LogP contribution in [0.3, 0.4) is 0 Å². The average molecular weight is 289 g/mol. The Morgan fingerprint density at radius 3 is 3.10 bits per heavy atom. The van der Waals surface area contributed by atoms with Crippen molar-refractivity contribution in [2.45, 2.75) is 31.9 Å². The molecule has 3 heterocycles. The first kappa shape index (κ1) is 14.4. The molecule has 0 amide bonds. The van der Waals surface area contributed by atoms with Crippen molar-refractivity contribution in [3.05, 3.63) is 42.4 Å². The van der Waals surface area contributed by atoms with Gasteiger partial charge in [0.2, 0.25) is 0 Å². The molecule has 3 unspecified atom stereocenters. The van der Waals surface area contributed by atoms with Crippen LogP contribution in [0.25, 0.3) is 0 Å². The highest BCUT2D eigenvalue weighted by molar-refractivity contribution is 5.15. The third-order valence-electron chi connectivity index (χ3n) is 4.28. The summed E-state index contributed by atoms with van der Waals surface area (Å²) in [6.07, 6.45) is 8.05. The van der Waals surface area contributed by atoms with Crippen LogP contribution in [0.4, 0.5) is 0 Å². The molecule has 5 heteroatoms. The molecule has 0 spiro atoms. The van der Waals surface area contributed by atoms with Gasteiger partial charge in [0.1, 0.15) is 17.6 Å². The van der Waals surface area contributed by atoms with Crippen LogP contribution in [-0.4, -0.2) is 28.8 Å². The van der Waals surface area contributed by atoms with Gasteiger partial charge in [-0.2, -0.15) is 0 Å². The molecule has 1 saturated heterocycles. The van der Waals surface area contributed by atoms with Crippen LogP contribution in [0.2, 0.25) is 0 Å². The number of hydrogen-bond donors (Lipinski definition) is 1. The maximum Gasteiger partial charge on any atom is 0.133 e. The van der Waals surface area contributed by atoms with Crippen LogP contribution < -0.4 is 5.32 Å². The van der Waals surface area contributed by atoms with E-state index in [1.165, 1.54) is 0 Å². The number of ether oxygens (including phenoxy) is 1. The second-order valence-electron chi connectivity index (χ2n) is 5.62. The zero-order valence-corrected chi connectivity index (χ0v) is 12.7. The summed E-state index contributed by atoms with van der Waals surface area (Å²) in [5.74, 6) is 2.43. The van der Waals surface area contributed by atoms with E-state index in [1.54, 1.807) is 6.26 Å². The molecule has 0 aliphatic carbocycles. The van der Waals surface area contributed by atoms with Crippen molar-refractivity contribution in [1.82, 2.24) is 14.9 Å². The lowest BCUT2D eigenvalue weighted by Crippen LogP contribution is -2.32. The molecule has 3 rings (SSSR count). The summed E-state index contributed by atoms with van der Waals surface area (Å²) >= 11 is 0. The summed E-state index contributed by atoms with van der Waals surface area (Å²) < 4.78 is 13.4. The lowest BCUT2D eigenvalue weighted by Gasteiger charge is -2.21. The van der Waals surface area contributed by atoms with Gasteiger partial charge in [0, 0.05) is 32.6 Å². The van der Waals surface area contributed by atoms with Gasteiger partial charge in [0.05, 0.1) is 12.4 Å². The van der Waals surface area contributed by atoms with E-state index in [0.29, 0.717) is 12.0 Å². The Labute approximate surface area is 125 Å². The minimum atomic E-state index is -0.0156. The van der Waals surface area contributed by atoms with Gasteiger partial charge in [0.25, 0.3) is 0 Å². The number of aromatic nitrogens is 2. The molecule has 114 valence electrons. The van der Waals surface area contributed by atoms with Crippen LogP contribution in [0.5, 0.6) is 0 Å². The Balaban J connectivity index is 1.73. The molecule has 0 bridgehead atoms. The van der Waals surface area contributed by atoms with Crippen molar-refractivity contribution in [3.8, 4) is 0 Å². The van der Waals surface area contributed by atoms with Gasteiger partial charge in [-0.3, -0.25) is 0 Å². The van der Waals surface area contributed by atoms with Gasteiger partial charge in [-0.05, 0) is 30.9 Å². The Morgan fingerprint density at radius 1 is 1.52 bits per heavy atom. The van der Waals surface area contributed by atoms with E-state index < -0.39 is 0 Å². The van der Waals surface area contributed by atoms with E-state index in [4.69, 9.17) is 9.15 Å². The summed E-state index contributed by atoms with van der Waals surface area (Å²) in [4.78, 5) is 4.47. The number of imidazole rings is 1. The smallest absolute Gasteiger partial charge is 0.133 e. The highest BCUT2D eigenvalue weighted by Gasteiger charge is 2.29. The van der Waals surface area contributed by atoms with Crippen molar-refractivity contribution < 1.29 is 9.15 Å². The number of nitrogens with zero attached hydrogens (tertiary/aromatic N) is 2. The maximum absolute atomic E-state index is 5.77. The lowest BCUT2D eigenvalue weighted by molar-refractivity contribution is 0.0866. The van der Waals surface area contributed by atoms with Gasteiger partial charge in [0.15, 0.2) is 0 Å². The highest BCUT2D eigenvalue weighted by atomic mass is 16.5. The number of hydrogen-bond acceptors (Lipinski definition) is 4. The van der Waals surface area contributed by atoms with Crippen molar-refractivity contribution in [1.29, 1.82) is 0 Å². The fourth-order valence-corrected chi connectivity index (χ4v) is 3.08. The molecule has 5 nitrogen and oxygen atoms in total. The molecular weight excluding hydrogens is 266 g/mol. The lowest BCUT2D eigenvalue weighted by atomic mass is 9.99. The molecule has 1 aliphatic heterocycles. The third-order valence-corrected chi connectivity index (χ3v) is 4.28. The predicted molar refractivity (Wildman–Crippen MR) is 79.9 cm³/mol. The minimum absolute atomic E-state index is 0.0156. The van der Waals surface area contributed by atoms with E-state index in [1.807, 2.05) is 36.1 Å². The highest BCUT2D eigenvalue weighted by Crippen LogP contribution is 2.25. The Hall–Kier alpha value is -1.59. The van der Waals surface area contributed by atoms with Crippen molar-refractivity contribution >= 4 is 0 Å². The molecule has 1 N–H and O–H groups in total. The molecule has 2 aromatic heterocycles. The monoisotopic (exact) mass is 289 g/mol. The Morgan fingerprint density at radius 2 is 2.43 bits per heavy atom. The molecule has 0 aromatic carbocycles. The summed E-state index contributed by atoms with van der Waals surface area (Å²) in [6, 6.07) is 3.90. The van der Waals surface area contributed by atoms with E-state index >= 15 is 0 Å². The fourth-order valence-electron chi connectivity index (χ4n) is 3.08. The van der Waals surface area contributed by atoms with Gasteiger partial charge in [-0.1, -0.05) is 6.92 Å². The van der Waals surface area contributed by atoms with Crippen molar-refractivity contribution in [2.75, 3.05) is 13.2 Å². The zero-order chi connectivity index (χ0) is 14.7. The van der Waals surface area contributed by atoms with Crippen LogP contribution in [0, 0.1) is 5.92 Å². The zero-order valence-electron chi connectivity index (χ0n) is 12.7. The molecule has 0 saturated carbocycles. The summed E-state index contributed by atoms with van der Waals surface area (Å²) in [5.41, 5.74) is 0. The largest absolute Gasteiger partial charge is 0.467 e. The standard InChI is InChI=1S/C16H23N3O2/c1-3-13-12(6-10-21-13)11-18-15(14-5-4-9-20-14)16-17-7-8-19(16)2/h4-5,7-9,12-13,15,18H,3,6,10-11H2,1-2H3. The third kappa shape index (κ3) is 3.04. The number of aryl methyl sites for hydroxylation is 1. The van der Waals surface area contributed by atoms with Gasteiger partial charge in [-0.25, -0.2) is 4.98 Å². The Kier molecular flexibility index (Phi) is 4.41. The molecule has 0 radical (unpaired) electrons. The predicted octanol–water partition coefficient (Wildman–Crippen LogP) is 2.51. The second-order valence-corrected chi connectivity index (χ2v) is 5.62. The van der Waals surface area contributed by atoms with E-state index in [0.717, 1.165) is 37.6 Å². The number of nitrogens with one attached hydrogen (secondary N) is 1. The van der Waals surface area contributed by atoms with E-state index in [9.17, 15) is 0 Å². The van der Waals surface area contributed by atoms with Gasteiger partial charge >= 0.3 is 0 Å². The quantitative estimate of drug-likeness (QED) is 0.888. The maximum atomic E-state index is 5.77. The van der Waals surface area contributed by atoms with E-state index in [2.05, 4.69) is 17.2 Å². The number of furan rings is 1. The molecular formula is C16H23N3O2. The van der Waals surface area contributed by atoms with Crippen molar-refractivity contribution in [3.63, 3.8) is 0 Å². The first-order valence-corrected chi connectivity index (χ1v) is 7.65. The molecule has 1 aliphatic rings. The Bertz CT molecular complexity index is 550. The SMILES string of the molecule is CCC1OCCC1CNC(c1ccco1)c1nccn1C. The van der Waals surface area contributed by atoms with E-state index in [-0.39, 0.29) is 6.04 Å². The first-order valence-electron chi connectivity index (χ1n) is 7.65. The summed E-state index contributed by atoms with van der Waals surface area (Å²) in [5, 5.41) is 3.61. The molecule has 21 heavy (non-hydrogen) atoms. The fraction of sp³-hybridized carbons (Fsp3) is 0.562. The topological polar surface area (TPSA) is 52.2 Å². The van der Waals surface area contributed by atoms with Crippen LogP contribution in [-0.2, 0) is 11.8 Å². The normalized spacial score (nSPS) is 23.5. The average Bonchev–Trinajstić information content (AvgIpc) is 3.21. The number of rotatable bonds is 6. The molecule has 3 atom stereocenters. The minimum Gasteiger partial charge on any atom is -0.467 e. The van der Waals surface area contributed by atoms with Crippen LogP contribution in [0.15, 0.2) is 35.2 Å². The van der Waals surface area contributed by atoms with Gasteiger partial charge < -0.3 is 19.0 Å². The second kappa shape index (κ2) is 6.45. The van der Waals surface area contributed by atoms with Crippen LogP contribution >= 0.6 is 0 Å². The summed E-state index contributed by atoms with van der Waals surface area (Å²) in [7, 11) is 2.01. The van der Waals surface area contributed by atoms with Gasteiger partial charge in [-0.15, -0.1) is 0 Å². The summed E-state index contributed by atoms with van der Waals surface area (Å²) in [6.45, 7) is 3.97. The van der Waals surface area contributed by atoms with Crippen LogP contribution in [0.1, 0.15) is 37.4 Å². The van der Waals surface area contributed by atoms with Crippen molar-refractivity contribution in [2.24, 2.45) is 13.0 Å². The molecule has 2 aromatic rings.